The molecule has 1 aliphatic heterocycles. The van der Waals surface area contributed by atoms with E-state index in [0.717, 1.165) is 44.0 Å². The lowest BCUT2D eigenvalue weighted by atomic mass is 9.95. The van der Waals surface area contributed by atoms with Gasteiger partial charge >= 0.3 is 0 Å². The van der Waals surface area contributed by atoms with Crippen molar-refractivity contribution in [1.29, 1.82) is 0 Å². The van der Waals surface area contributed by atoms with Gasteiger partial charge in [0.05, 0.1) is 23.7 Å². The Morgan fingerprint density at radius 3 is 2.89 bits per heavy atom. The summed E-state index contributed by atoms with van der Waals surface area (Å²) >= 11 is 0. The fourth-order valence-corrected chi connectivity index (χ4v) is 2.40. The van der Waals surface area contributed by atoms with Crippen LogP contribution in [0.4, 0.5) is 5.82 Å². The van der Waals surface area contributed by atoms with E-state index in [2.05, 4.69) is 20.2 Å². The van der Waals surface area contributed by atoms with Crippen LogP contribution in [0.1, 0.15) is 32.4 Å². The van der Waals surface area contributed by atoms with E-state index < -0.39 is 5.60 Å². The van der Waals surface area contributed by atoms with E-state index in [0.29, 0.717) is 6.54 Å². The number of nitrogens with one attached hydrogen (secondary N) is 1. The molecule has 0 radical (unpaired) electrons. The second-order valence-corrected chi connectivity index (χ2v) is 5.23. The molecule has 1 aromatic heterocycles. The minimum atomic E-state index is -0.560. The molecule has 100 valence electrons. The van der Waals surface area contributed by atoms with E-state index >= 15 is 0 Å². The smallest absolute Gasteiger partial charge is 0.144 e. The molecule has 0 bridgehead atoms. The Balaban J connectivity index is 1.92. The molecule has 1 fully saturated rings. The van der Waals surface area contributed by atoms with E-state index in [1.165, 1.54) is 0 Å². The molecule has 0 aliphatic carbocycles. The lowest BCUT2D eigenvalue weighted by Crippen LogP contribution is -2.45. The summed E-state index contributed by atoms with van der Waals surface area (Å²) in [5, 5.41) is 13.2. The number of aromatic nitrogens is 2. The summed E-state index contributed by atoms with van der Waals surface area (Å²) in [6.07, 6.45) is 5.49. The van der Waals surface area contributed by atoms with Gasteiger partial charge < -0.3 is 10.4 Å². The summed E-state index contributed by atoms with van der Waals surface area (Å²) in [6, 6.07) is 0. The maximum absolute atomic E-state index is 10.0. The fraction of sp³-hybridized carbons (Fsp3) is 0.692. The first-order chi connectivity index (χ1) is 8.59. The van der Waals surface area contributed by atoms with Crippen LogP contribution in [-0.2, 0) is 6.54 Å². The Hall–Kier alpha value is -1.20. The Morgan fingerprint density at radius 2 is 2.28 bits per heavy atom. The Bertz CT molecular complexity index is 377. The van der Waals surface area contributed by atoms with Crippen molar-refractivity contribution in [1.82, 2.24) is 14.9 Å². The number of rotatable bonds is 4. The highest BCUT2D eigenvalue weighted by atomic mass is 16.3. The molecule has 2 heterocycles. The number of hydrogen-bond donors (Lipinski definition) is 2. The highest BCUT2D eigenvalue weighted by molar-refractivity contribution is 5.30. The number of nitrogens with zero attached hydrogens (tertiary/aromatic N) is 3. The molecule has 2 N–H and O–H groups in total. The van der Waals surface area contributed by atoms with Crippen LogP contribution in [0, 0.1) is 0 Å². The van der Waals surface area contributed by atoms with Crippen LogP contribution in [0.15, 0.2) is 12.4 Å². The first-order valence-electron chi connectivity index (χ1n) is 6.58. The number of hydrogen-bond acceptors (Lipinski definition) is 5. The van der Waals surface area contributed by atoms with Crippen LogP contribution >= 0.6 is 0 Å². The number of β-amino-alcohol motifs (C(OH)–C–C–N with tert-alkyl or cyclic N) is 1. The van der Waals surface area contributed by atoms with E-state index in [1.54, 1.807) is 12.4 Å². The minimum absolute atomic E-state index is 0.560. The summed E-state index contributed by atoms with van der Waals surface area (Å²) < 4.78 is 0. The van der Waals surface area contributed by atoms with Crippen molar-refractivity contribution in [2.24, 2.45) is 0 Å². The summed E-state index contributed by atoms with van der Waals surface area (Å²) in [7, 11) is 0. The molecule has 1 aliphatic rings. The van der Waals surface area contributed by atoms with Gasteiger partial charge in [-0.3, -0.25) is 9.88 Å². The van der Waals surface area contributed by atoms with Gasteiger partial charge in [0.1, 0.15) is 5.82 Å². The first kappa shape index (κ1) is 13.2. The molecule has 2 rings (SSSR count). The summed E-state index contributed by atoms with van der Waals surface area (Å²) in [5.41, 5.74) is 0.393. The van der Waals surface area contributed by atoms with E-state index in [-0.39, 0.29) is 0 Å². The van der Waals surface area contributed by atoms with Crippen LogP contribution in [0.3, 0.4) is 0 Å². The normalized spacial score (nSPS) is 25.1. The molecular weight excluding hydrogens is 228 g/mol. The number of anilines is 1. The number of aliphatic hydroxyl groups is 1. The second-order valence-electron chi connectivity index (χ2n) is 5.23. The molecule has 0 aromatic carbocycles. The van der Waals surface area contributed by atoms with Crippen molar-refractivity contribution < 1.29 is 5.11 Å². The highest BCUT2D eigenvalue weighted by Gasteiger charge is 2.28. The fourth-order valence-electron chi connectivity index (χ4n) is 2.40. The van der Waals surface area contributed by atoms with Crippen LogP contribution in [0.5, 0.6) is 0 Å². The molecule has 1 unspecified atom stereocenters. The van der Waals surface area contributed by atoms with E-state index in [4.69, 9.17) is 0 Å². The van der Waals surface area contributed by atoms with E-state index in [1.807, 2.05) is 13.8 Å². The lowest BCUT2D eigenvalue weighted by molar-refractivity contribution is -0.0185. The third-order valence-corrected chi connectivity index (χ3v) is 3.20. The van der Waals surface area contributed by atoms with Gasteiger partial charge in [-0.2, -0.15) is 0 Å². The summed E-state index contributed by atoms with van der Waals surface area (Å²) in [4.78, 5) is 10.9. The molecule has 1 atom stereocenters. The number of piperidine rings is 1. The van der Waals surface area contributed by atoms with Crippen molar-refractivity contribution in [2.75, 3.05) is 25.0 Å². The quantitative estimate of drug-likeness (QED) is 0.842. The van der Waals surface area contributed by atoms with Crippen molar-refractivity contribution in [3.05, 3.63) is 18.1 Å². The average Bonchev–Trinajstić information content (AvgIpc) is 2.31. The average molecular weight is 250 g/mol. The minimum Gasteiger partial charge on any atom is -0.389 e. The zero-order chi connectivity index (χ0) is 13.0. The zero-order valence-electron chi connectivity index (χ0n) is 11.2. The zero-order valence-corrected chi connectivity index (χ0v) is 11.2. The molecule has 5 nitrogen and oxygen atoms in total. The SMILES string of the molecule is CCNc1cnc(CN2CCCC(C)(O)C2)cn1. The maximum atomic E-state index is 10.0. The van der Waals surface area contributed by atoms with Gasteiger partial charge in [-0.1, -0.05) is 0 Å². The van der Waals surface area contributed by atoms with Gasteiger partial charge in [-0.05, 0) is 33.2 Å². The van der Waals surface area contributed by atoms with Gasteiger partial charge in [-0.15, -0.1) is 0 Å². The van der Waals surface area contributed by atoms with Gasteiger partial charge in [0.2, 0.25) is 0 Å². The Kier molecular flexibility index (Phi) is 4.14. The molecule has 1 aromatic rings. The van der Waals surface area contributed by atoms with Crippen molar-refractivity contribution in [3.63, 3.8) is 0 Å². The Labute approximate surface area is 108 Å². The van der Waals surface area contributed by atoms with Gasteiger partial charge in [-0.25, -0.2) is 4.98 Å². The highest BCUT2D eigenvalue weighted by Crippen LogP contribution is 2.21. The van der Waals surface area contributed by atoms with Gasteiger partial charge in [0, 0.05) is 19.6 Å². The standard InChI is InChI=1S/C13H22N4O/c1-3-14-12-8-15-11(7-16-12)9-17-6-4-5-13(2,18)10-17/h7-8,18H,3-6,9-10H2,1-2H3,(H,14,16). The lowest BCUT2D eigenvalue weighted by Gasteiger charge is -2.36. The summed E-state index contributed by atoms with van der Waals surface area (Å²) in [6.45, 7) is 7.28. The second kappa shape index (κ2) is 5.63. The molecule has 0 spiro atoms. The topological polar surface area (TPSA) is 61.3 Å². The molecule has 18 heavy (non-hydrogen) atoms. The number of likely N-dealkylation sites (tertiary alicyclic amines) is 1. The van der Waals surface area contributed by atoms with Crippen molar-refractivity contribution >= 4 is 5.82 Å². The van der Waals surface area contributed by atoms with Crippen molar-refractivity contribution in [3.8, 4) is 0 Å². The largest absolute Gasteiger partial charge is 0.389 e. The molecule has 5 heteroatoms. The van der Waals surface area contributed by atoms with Crippen LogP contribution in [0.2, 0.25) is 0 Å². The molecule has 0 saturated carbocycles. The van der Waals surface area contributed by atoms with Gasteiger partial charge in [0.15, 0.2) is 0 Å². The predicted molar refractivity (Wildman–Crippen MR) is 71.3 cm³/mol. The van der Waals surface area contributed by atoms with Crippen LogP contribution in [0.25, 0.3) is 0 Å². The van der Waals surface area contributed by atoms with Crippen molar-refractivity contribution in [2.45, 2.75) is 38.8 Å². The Morgan fingerprint density at radius 1 is 1.44 bits per heavy atom. The third kappa shape index (κ3) is 3.65. The van der Waals surface area contributed by atoms with Crippen LogP contribution in [-0.4, -0.2) is 45.2 Å². The molecular formula is C13H22N4O. The third-order valence-electron chi connectivity index (χ3n) is 3.20. The van der Waals surface area contributed by atoms with E-state index in [9.17, 15) is 5.11 Å². The maximum Gasteiger partial charge on any atom is 0.144 e. The van der Waals surface area contributed by atoms with Crippen LogP contribution < -0.4 is 5.32 Å². The first-order valence-corrected chi connectivity index (χ1v) is 6.58. The molecule has 1 saturated heterocycles. The van der Waals surface area contributed by atoms with Gasteiger partial charge in [0.25, 0.3) is 0 Å². The predicted octanol–water partition coefficient (Wildman–Crippen LogP) is 1.26. The summed E-state index contributed by atoms with van der Waals surface area (Å²) in [5.74, 6) is 0.812. The molecule has 0 amide bonds. The monoisotopic (exact) mass is 250 g/mol.